The van der Waals surface area contributed by atoms with Crippen molar-refractivity contribution in [3.63, 3.8) is 0 Å². The van der Waals surface area contributed by atoms with Gasteiger partial charge < -0.3 is 16.0 Å². The van der Waals surface area contributed by atoms with Gasteiger partial charge in [0.15, 0.2) is 0 Å². The smallest absolute Gasteiger partial charge is 0.267 e. The molecule has 1 unspecified atom stereocenters. The quantitative estimate of drug-likeness (QED) is 0.889. The van der Waals surface area contributed by atoms with Gasteiger partial charge in [-0.3, -0.25) is 9.78 Å². The van der Waals surface area contributed by atoms with Crippen LogP contribution in [-0.2, 0) is 0 Å². The number of nitrogens with one attached hydrogen (secondary N) is 1. The number of carbonyl (C=O) groups is 1. The van der Waals surface area contributed by atoms with Crippen molar-refractivity contribution in [2.24, 2.45) is 5.73 Å². The van der Waals surface area contributed by atoms with E-state index in [9.17, 15) is 4.79 Å². The number of carbonyl (C=O) groups excluding carboxylic acids is 1. The molecule has 0 aromatic carbocycles. The van der Waals surface area contributed by atoms with Gasteiger partial charge in [0.1, 0.15) is 5.69 Å². The van der Waals surface area contributed by atoms with Crippen molar-refractivity contribution in [1.29, 1.82) is 0 Å². The Labute approximate surface area is 126 Å². The van der Waals surface area contributed by atoms with E-state index < -0.39 is 5.91 Å². The zero-order valence-corrected chi connectivity index (χ0v) is 13.2. The highest BCUT2D eigenvalue weighted by Crippen LogP contribution is 2.25. The summed E-state index contributed by atoms with van der Waals surface area (Å²) in [5, 5.41) is 3.58. The second kappa shape index (κ2) is 6.43. The third-order valence-corrected chi connectivity index (χ3v) is 3.82. The minimum Gasteiger partial charge on any atom is -0.367 e. The fraction of sp³-hybridized carbons (Fsp3) is 0.625. The minimum atomic E-state index is -0.474. The molecular weight excluding hydrogens is 264 g/mol. The molecule has 3 N–H and O–H groups in total. The standard InChI is InChI=1S/C16H26N4O/c1-16(2,3)19-11-13-6-4-5-9-20(13)12-7-8-18-14(10-12)15(17)21/h7-8,10,13,19H,4-6,9,11H2,1-3H3,(H2,17,21). The van der Waals surface area contributed by atoms with E-state index in [1.165, 1.54) is 12.8 Å². The largest absolute Gasteiger partial charge is 0.367 e. The van der Waals surface area contributed by atoms with Gasteiger partial charge >= 0.3 is 0 Å². The molecule has 5 nitrogen and oxygen atoms in total. The Morgan fingerprint density at radius 1 is 1.48 bits per heavy atom. The molecule has 5 heteroatoms. The number of piperidine rings is 1. The number of nitrogens with two attached hydrogens (primary N) is 1. The van der Waals surface area contributed by atoms with Gasteiger partial charge in [-0.25, -0.2) is 0 Å². The number of rotatable bonds is 4. The highest BCUT2D eigenvalue weighted by molar-refractivity contribution is 5.91. The predicted molar refractivity (Wildman–Crippen MR) is 85.5 cm³/mol. The molecule has 0 radical (unpaired) electrons. The first-order chi connectivity index (χ1) is 9.87. The van der Waals surface area contributed by atoms with Gasteiger partial charge in [0, 0.05) is 36.6 Å². The SMILES string of the molecule is CC(C)(C)NCC1CCCCN1c1ccnc(C(N)=O)c1. The highest BCUT2D eigenvalue weighted by Gasteiger charge is 2.24. The third-order valence-electron chi connectivity index (χ3n) is 3.82. The highest BCUT2D eigenvalue weighted by atomic mass is 16.1. The first-order valence-corrected chi connectivity index (χ1v) is 7.64. The summed E-state index contributed by atoms with van der Waals surface area (Å²) in [6, 6.07) is 4.21. The van der Waals surface area contributed by atoms with Crippen LogP contribution in [0.3, 0.4) is 0 Å². The van der Waals surface area contributed by atoms with Crippen LogP contribution < -0.4 is 16.0 Å². The summed E-state index contributed by atoms with van der Waals surface area (Å²) in [4.78, 5) is 17.7. The Morgan fingerprint density at radius 3 is 2.90 bits per heavy atom. The van der Waals surface area contributed by atoms with E-state index in [0.29, 0.717) is 11.7 Å². The fourth-order valence-electron chi connectivity index (χ4n) is 2.71. The van der Waals surface area contributed by atoms with Crippen molar-refractivity contribution in [2.75, 3.05) is 18.0 Å². The van der Waals surface area contributed by atoms with Crippen molar-refractivity contribution in [1.82, 2.24) is 10.3 Å². The second-order valence-corrected chi connectivity index (χ2v) is 6.74. The summed E-state index contributed by atoms with van der Waals surface area (Å²) in [5.74, 6) is -0.474. The maximum absolute atomic E-state index is 11.3. The zero-order valence-electron chi connectivity index (χ0n) is 13.2. The van der Waals surface area contributed by atoms with Crippen molar-refractivity contribution in [3.05, 3.63) is 24.0 Å². The lowest BCUT2D eigenvalue weighted by Crippen LogP contribution is -2.49. The van der Waals surface area contributed by atoms with Crippen LogP contribution in [0.25, 0.3) is 0 Å². The maximum Gasteiger partial charge on any atom is 0.267 e. The van der Waals surface area contributed by atoms with Gasteiger partial charge in [-0.15, -0.1) is 0 Å². The summed E-state index contributed by atoms with van der Waals surface area (Å²) in [5.41, 5.74) is 6.82. The maximum atomic E-state index is 11.3. The molecule has 0 aliphatic carbocycles. The first-order valence-electron chi connectivity index (χ1n) is 7.64. The molecule has 21 heavy (non-hydrogen) atoms. The summed E-state index contributed by atoms with van der Waals surface area (Å²) in [6.45, 7) is 8.49. The number of amides is 1. The summed E-state index contributed by atoms with van der Waals surface area (Å²) in [7, 11) is 0. The summed E-state index contributed by atoms with van der Waals surface area (Å²) < 4.78 is 0. The first kappa shape index (κ1) is 15.8. The molecule has 1 fully saturated rings. The van der Waals surface area contributed by atoms with E-state index in [1.54, 1.807) is 12.3 Å². The Hall–Kier alpha value is -1.62. The lowest BCUT2D eigenvalue weighted by atomic mass is 9.99. The van der Waals surface area contributed by atoms with Crippen molar-refractivity contribution < 1.29 is 4.79 Å². The molecule has 2 rings (SSSR count). The normalized spacial score (nSPS) is 19.6. The van der Waals surface area contributed by atoms with E-state index in [4.69, 9.17) is 5.73 Å². The molecule has 0 bridgehead atoms. The van der Waals surface area contributed by atoms with Crippen molar-refractivity contribution in [2.45, 2.75) is 51.6 Å². The van der Waals surface area contributed by atoms with Gasteiger partial charge in [0.2, 0.25) is 0 Å². The van der Waals surface area contributed by atoms with Gasteiger partial charge in [0.25, 0.3) is 5.91 Å². The van der Waals surface area contributed by atoms with Crippen LogP contribution >= 0.6 is 0 Å². The van der Waals surface area contributed by atoms with E-state index >= 15 is 0 Å². The zero-order chi connectivity index (χ0) is 15.5. The molecule has 0 saturated carbocycles. The van der Waals surface area contributed by atoms with Gasteiger partial charge in [-0.05, 0) is 52.2 Å². The average molecular weight is 290 g/mol. The van der Waals surface area contributed by atoms with Gasteiger partial charge in [-0.1, -0.05) is 0 Å². The molecule has 1 aromatic heterocycles. The van der Waals surface area contributed by atoms with E-state index in [-0.39, 0.29) is 5.54 Å². The van der Waals surface area contributed by atoms with Gasteiger partial charge in [0.05, 0.1) is 0 Å². The number of primary amides is 1. The number of aromatic nitrogens is 1. The monoisotopic (exact) mass is 290 g/mol. The van der Waals surface area contributed by atoms with Crippen LogP contribution in [0.5, 0.6) is 0 Å². The molecule has 0 spiro atoms. The second-order valence-electron chi connectivity index (χ2n) is 6.74. The summed E-state index contributed by atoms with van der Waals surface area (Å²) >= 11 is 0. The minimum absolute atomic E-state index is 0.111. The molecule has 1 aliphatic rings. The average Bonchev–Trinajstić information content (AvgIpc) is 2.45. The molecule has 1 aliphatic heterocycles. The number of hydrogen-bond donors (Lipinski definition) is 2. The van der Waals surface area contributed by atoms with Crippen LogP contribution in [0.2, 0.25) is 0 Å². The van der Waals surface area contributed by atoms with Gasteiger partial charge in [-0.2, -0.15) is 0 Å². The van der Waals surface area contributed by atoms with E-state index in [2.05, 4.69) is 36.0 Å². The van der Waals surface area contributed by atoms with Crippen LogP contribution in [-0.4, -0.2) is 35.6 Å². The lowest BCUT2D eigenvalue weighted by molar-refractivity contribution is 0.0995. The van der Waals surface area contributed by atoms with E-state index in [1.807, 2.05) is 6.07 Å². The van der Waals surface area contributed by atoms with Crippen LogP contribution in [0.4, 0.5) is 5.69 Å². The summed E-state index contributed by atoms with van der Waals surface area (Å²) in [6.07, 6.45) is 5.26. The Kier molecular flexibility index (Phi) is 4.83. The number of anilines is 1. The van der Waals surface area contributed by atoms with Crippen molar-refractivity contribution >= 4 is 11.6 Å². The molecule has 1 amide bonds. The molecular formula is C16H26N4O. The van der Waals surface area contributed by atoms with Crippen LogP contribution in [0.1, 0.15) is 50.5 Å². The lowest BCUT2D eigenvalue weighted by Gasteiger charge is -2.39. The van der Waals surface area contributed by atoms with Crippen molar-refractivity contribution in [3.8, 4) is 0 Å². The molecule has 1 aromatic rings. The predicted octanol–water partition coefficient (Wildman–Crippen LogP) is 1.93. The molecule has 2 heterocycles. The molecule has 116 valence electrons. The Morgan fingerprint density at radius 2 is 2.24 bits per heavy atom. The topological polar surface area (TPSA) is 71.2 Å². The molecule has 1 saturated heterocycles. The molecule has 1 atom stereocenters. The number of nitrogens with zero attached hydrogens (tertiary/aromatic N) is 2. The van der Waals surface area contributed by atoms with E-state index in [0.717, 1.165) is 25.2 Å². The Balaban J connectivity index is 2.14. The van der Waals surface area contributed by atoms with Crippen LogP contribution in [0.15, 0.2) is 18.3 Å². The Bertz CT molecular complexity index is 495. The third kappa shape index (κ3) is 4.43. The number of hydrogen-bond acceptors (Lipinski definition) is 4. The van der Waals surface area contributed by atoms with Crippen LogP contribution in [0, 0.1) is 0 Å². The number of pyridine rings is 1. The fourth-order valence-corrected chi connectivity index (χ4v) is 2.71.